The predicted octanol–water partition coefficient (Wildman–Crippen LogP) is 4.63. The summed E-state index contributed by atoms with van der Waals surface area (Å²) in [5, 5.41) is 6.77. The van der Waals surface area contributed by atoms with Gasteiger partial charge in [0.25, 0.3) is 11.5 Å². The van der Waals surface area contributed by atoms with Crippen molar-refractivity contribution in [3.8, 4) is 5.69 Å². The van der Waals surface area contributed by atoms with E-state index in [-0.39, 0.29) is 29.2 Å². The van der Waals surface area contributed by atoms with Crippen molar-refractivity contribution < 1.29 is 9.59 Å². The molecule has 3 aromatic carbocycles. The third-order valence-corrected chi connectivity index (χ3v) is 7.04. The van der Waals surface area contributed by atoms with E-state index in [0.29, 0.717) is 27.3 Å². The molecule has 8 heteroatoms. The van der Waals surface area contributed by atoms with Gasteiger partial charge >= 0.3 is 0 Å². The highest BCUT2D eigenvalue weighted by Crippen LogP contribution is 2.26. The van der Waals surface area contributed by atoms with E-state index in [1.807, 2.05) is 44.2 Å². The lowest BCUT2D eigenvalue weighted by Crippen LogP contribution is -2.27. The van der Waals surface area contributed by atoms with Gasteiger partial charge in [-0.3, -0.25) is 19.0 Å². The molecule has 0 aliphatic heterocycles. The van der Waals surface area contributed by atoms with Crippen molar-refractivity contribution >= 4 is 40.2 Å². The van der Waals surface area contributed by atoms with Crippen molar-refractivity contribution in [1.29, 1.82) is 0 Å². The van der Waals surface area contributed by atoms with Crippen molar-refractivity contribution in [3.63, 3.8) is 0 Å². The van der Waals surface area contributed by atoms with E-state index >= 15 is 0 Å². The molecule has 0 atom stereocenters. The van der Waals surface area contributed by atoms with Gasteiger partial charge in [0, 0.05) is 6.04 Å². The summed E-state index contributed by atoms with van der Waals surface area (Å²) in [6.45, 7) is 3.91. The molecule has 5 rings (SSSR count). The van der Waals surface area contributed by atoms with E-state index in [9.17, 15) is 14.4 Å². The lowest BCUT2D eigenvalue weighted by Gasteiger charge is -2.17. The minimum atomic E-state index is -0.290. The van der Waals surface area contributed by atoms with Gasteiger partial charge in [0.05, 0.1) is 33.6 Å². The van der Waals surface area contributed by atoms with Crippen molar-refractivity contribution in [3.05, 3.63) is 93.8 Å². The molecule has 0 radical (unpaired) electrons. The molecule has 1 fully saturated rings. The first-order valence-electron chi connectivity index (χ1n) is 11.8. The number of para-hydroxylation sites is 3. The van der Waals surface area contributed by atoms with Crippen molar-refractivity contribution in [2.45, 2.75) is 37.9 Å². The van der Waals surface area contributed by atoms with Crippen LogP contribution in [-0.4, -0.2) is 33.2 Å². The van der Waals surface area contributed by atoms with E-state index in [2.05, 4.69) is 10.6 Å². The number of nitrogens with one attached hydrogen (secondary N) is 2. The van der Waals surface area contributed by atoms with Gasteiger partial charge in [0.15, 0.2) is 5.16 Å². The van der Waals surface area contributed by atoms with Gasteiger partial charge in [-0.15, -0.1) is 0 Å². The molecule has 1 aliphatic carbocycles. The summed E-state index contributed by atoms with van der Waals surface area (Å²) >= 11 is 1.19. The summed E-state index contributed by atoms with van der Waals surface area (Å²) in [5.74, 6) is -0.461. The standard InChI is InChI=1S/C28H26N4O3S/c1-17-8-7-9-18(2)25(17)32-27(35)21-11-4-6-13-23(21)31-28(32)36-16-24(33)30-22-12-5-3-10-20(22)26(34)29-19-14-15-19/h3-13,19H,14-16H2,1-2H3,(H,29,34)(H,30,33). The van der Waals surface area contributed by atoms with Crippen molar-refractivity contribution in [2.24, 2.45) is 0 Å². The molecule has 1 heterocycles. The average Bonchev–Trinajstić information content (AvgIpc) is 3.68. The number of fused-ring (bicyclic) bond motifs is 1. The zero-order valence-electron chi connectivity index (χ0n) is 20.1. The van der Waals surface area contributed by atoms with Crippen LogP contribution in [0.15, 0.2) is 76.7 Å². The number of anilines is 1. The summed E-state index contributed by atoms with van der Waals surface area (Å²) in [4.78, 5) is 43.8. The Balaban J connectivity index is 1.44. The Labute approximate surface area is 212 Å². The second kappa shape index (κ2) is 9.99. The average molecular weight is 499 g/mol. The van der Waals surface area contributed by atoms with Gasteiger partial charge in [-0.25, -0.2) is 4.98 Å². The molecule has 1 aromatic heterocycles. The topological polar surface area (TPSA) is 93.1 Å². The van der Waals surface area contributed by atoms with Crippen LogP contribution in [0.5, 0.6) is 0 Å². The summed E-state index contributed by atoms with van der Waals surface area (Å²) in [7, 11) is 0. The molecule has 7 nitrogen and oxygen atoms in total. The number of carbonyl (C=O) groups is 2. The zero-order valence-corrected chi connectivity index (χ0v) is 20.9. The molecule has 0 bridgehead atoms. The fraction of sp³-hybridized carbons (Fsp3) is 0.214. The Kier molecular flexibility index (Phi) is 6.61. The highest BCUT2D eigenvalue weighted by Gasteiger charge is 2.25. The van der Waals surface area contributed by atoms with Gasteiger partial charge in [-0.2, -0.15) is 0 Å². The van der Waals surface area contributed by atoms with Crippen LogP contribution in [0.4, 0.5) is 5.69 Å². The summed E-state index contributed by atoms with van der Waals surface area (Å²) in [6, 6.07) is 20.3. The van der Waals surface area contributed by atoms with E-state index in [0.717, 1.165) is 29.7 Å². The number of hydrogen-bond donors (Lipinski definition) is 2. The minimum absolute atomic E-state index is 0.0221. The molecule has 4 aromatic rings. The summed E-state index contributed by atoms with van der Waals surface area (Å²) in [6.07, 6.45) is 1.97. The van der Waals surface area contributed by atoms with Crippen molar-refractivity contribution in [1.82, 2.24) is 14.9 Å². The number of benzene rings is 3. The van der Waals surface area contributed by atoms with E-state index in [1.165, 1.54) is 11.8 Å². The van der Waals surface area contributed by atoms with Gasteiger partial charge in [0.2, 0.25) is 5.91 Å². The van der Waals surface area contributed by atoms with Crippen LogP contribution in [0.25, 0.3) is 16.6 Å². The molecule has 182 valence electrons. The van der Waals surface area contributed by atoms with Crippen LogP contribution < -0.4 is 16.2 Å². The molecular formula is C28H26N4O3S. The lowest BCUT2D eigenvalue weighted by atomic mass is 10.1. The molecule has 0 spiro atoms. The van der Waals surface area contributed by atoms with Gasteiger partial charge < -0.3 is 10.6 Å². The Hall–Kier alpha value is -3.91. The number of nitrogens with zero attached hydrogens (tertiary/aromatic N) is 2. The molecule has 0 unspecified atom stereocenters. The Morgan fingerprint density at radius 1 is 0.972 bits per heavy atom. The maximum atomic E-state index is 13.6. The number of aryl methyl sites for hydroxylation is 2. The monoisotopic (exact) mass is 498 g/mol. The van der Waals surface area contributed by atoms with Gasteiger partial charge in [-0.1, -0.05) is 54.2 Å². The fourth-order valence-electron chi connectivity index (χ4n) is 4.16. The summed E-state index contributed by atoms with van der Waals surface area (Å²) < 4.78 is 1.60. The quantitative estimate of drug-likeness (QED) is 0.286. The summed E-state index contributed by atoms with van der Waals surface area (Å²) in [5.41, 5.74) is 3.94. The van der Waals surface area contributed by atoms with Gasteiger partial charge in [-0.05, 0) is 62.1 Å². The van der Waals surface area contributed by atoms with E-state index < -0.39 is 0 Å². The first-order chi connectivity index (χ1) is 17.4. The van der Waals surface area contributed by atoms with Crippen LogP contribution in [-0.2, 0) is 4.79 Å². The van der Waals surface area contributed by atoms with Crippen molar-refractivity contribution in [2.75, 3.05) is 11.1 Å². The molecular weight excluding hydrogens is 472 g/mol. The molecule has 2 amide bonds. The third kappa shape index (κ3) is 4.90. The maximum Gasteiger partial charge on any atom is 0.266 e. The normalized spacial score (nSPS) is 12.9. The second-order valence-electron chi connectivity index (χ2n) is 8.92. The minimum Gasteiger partial charge on any atom is -0.349 e. The van der Waals surface area contributed by atoms with Crippen LogP contribution >= 0.6 is 11.8 Å². The fourth-order valence-corrected chi connectivity index (χ4v) is 4.96. The predicted molar refractivity (Wildman–Crippen MR) is 143 cm³/mol. The number of rotatable bonds is 7. The van der Waals surface area contributed by atoms with E-state index in [4.69, 9.17) is 4.98 Å². The lowest BCUT2D eigenvalue weighted by molar-refractivity contribution is -0.113. The number of carbonyl (C=O) groups excluding carboxylic acids is 2. The highest BCUT2D eigenvalue weighted by atomic mass is 32.2. The zero-order chi connectivity index (χ0) is 25.2. The molecule has 0 saturated heterocycles. The van der Waals surface area contributed by atoms with Crippen LogP contribution in [0.3, 0.4) is 0 Å². The smallest absolute Gasteiger partial charge is 0.266 e. The maximum absolute atomic E-state index is 13.6. The third-order valence-electron chi connectivity index (χ3n) is 6.10. The highest BCUT2D eigenvalue weighted by molar-refractivity contribution is 7.99. The number of aromatic nitrogens is 2. The largest absolute Gasteiger partial charge is 0.349 e. The van der Waals surface area contributed by atoms with E-state index in [1.54, 1.807) is 41.0 Å². The molecule has 1 aliphatic rings. The number of amides is 2. The number of hydrogen-bond acceptors (Lipinski definition) is 5. The van der Waals surface area contributed by atoms with Crippen LogP contribution in [0, 0.1) is 13.8 Å². The molecule has 36 heavy (non-hydrogen) atoms. The van der Waals surface area contributed by atoms with Crippen LogP contribution in [0.2, 0.25) is 0 Å². The Morgan fingerprint density at radius 2 is 1.67 bits per heavy atom. The first-order valence-corrected chi connectivity index (χ1v) is 12.8. The Bertz CT molecular complexity index is 1520. The molecule has 1 saturated carbocycles. The second-order valence-corrected chi connectivity index (χ2v) is 9.87. The SMILES string of the molecule is Cc1cccc(C)c1-n1c(SCC(=O)Nc2ccccc2C(=O)NC2CC2)nc2ccccc2c1=O. The Morgan fingerprint density at radius 3 is 2.42 bits per heavy atom. The van der Waals surface area contributed by atoms with Gasteiger partial charge in [0.1, 0.15) is 0 Å². The number of thioether (sulfide) groups is 1. The molecule has 2 N–H and O–H groups in total. The van der Waals surface area contributed by atoms with Crippen LogP contribution in [0.1, 0.15) is 34.3 Å². The first kappa shape index (κ1) is 23.8.